The van der Waals surface area contributed by atoms with Gasteiger partial charge in [-0.05, 0) is 59.7 Å². The lowest BCUT2D eigenvalue weighted by molar-refractivity contribution is 0.482. The second-order valence-corrected chi connectivity index (χ2v) is 8.40. The molecule has 7 heteroatoms. The van der Waals surface area contributed by atoms with E-state index in [4.69, 9.17) is 16.3 Å². The highest BCUT2D eigenvalue weighted by molar-refractivity contribution is 7.15. The molecule has 0 N–H and O–H groups in total. The quantitative estimate of drug-likeness (QED) is 0.358. The smallest absolute Gasteiger partial charge is 0.291 e. The van der Waals surface area contributed by atoms with Crippen molar-refractivity contribution in [3.8, 4) is 11.5 Å². The SMILES string of the molecule is O=c1/c(=C\c2cccc(Oc3ccccc3)c2)sc2nc(/C=C/c3ccc(Cl)cc3)nn12. The van der Waals surface area contributed by atoms with E-state index >= 15 is 0 Å². The van der Waals surface area contributed by atoms with Crippen molar-refractivity contribution in [1.82, 2.24) is 14.6 Å². The Labute approximate surface area is 192 Å². The Morgan fingerprint density at radius 1 is 0.875 bits per heavy atom. The molecule has 5 nitrogen and oxygen atoms in total. The van der Waals surface area contributed by atoms with Crippen molar-refractivity contribution >= 4 is 46.1 Å². The zero-order chi connectivity index (χ0) is 21.9. The maximum atomic E-state index is 12.8. The number of halogens is 1. The molecule has 0 unspecified atom stereocenters. The molecule has 3 aromatic carbocycles. The van der Waals surface area contributed by atoms with E-state index < -0.39 is 0 Å². The second kappa shape index (κ2) is 8.78. The van der Waals surface area contributed by atoms with Crippen LogP contribution in [0.25, 0.3) is 23.2 Å². The van der Waals surface area contributed by atoms with Crippen LogP contribution in [0.15, 0.2) is 83.7 Å². The minimum atomic E-state index is -0.196. The summed E-state index contributed by atoms with van der Waals surface area (Å²) in [6.45, 7) is 0. The van der Waals surface area contributed by atoms with Crippen molar-refractivity contribution < 1.29 is 4.74 Å². The molecule has 0 saturated carbocycles. The van der Waals surface area contributed by atoms with Gasteiger partial charge in [-0.3, -0.25) is 4.79 Å². The molecule has 0 radical (unpaired) electrons. The molecule has 156 valence electrons. The highest BCUT2D eigenvalue weighted by atomic mass is 35.5. The van der Waals surface area contributed by atoms with Gasteiger partial charge in [0.1, 0.15) is 11.5 Å². The van der Waals surface area contributed by atoms with E-state index in [0.717, 1.165) is 16.9 Å². The van der Waals surface area contributed by atoms with E-state index in [2.05, 4.69) is 10.1 Å². The molecule has 0 bridgehead atoms. The molecule has 5 rings (SSSR count). The van der Waals surface area contributed by atoms with E-state index in [1.165, 1.54) is 15.9 Å². The third kappa shape index (κ3) is 4.46. The molecule has 0 aliphatic carbocycles. The van der Waals surface area contributed by atoms with Gasteiger partial charge in [0.05, 0.1) is 4.53 Å². The minimum absolute atomic E-state index is 0.196. The van der Waals surface area contributed by atoms with Gasteiger partial charge in [-0.15, -0.1) is 5.10 Å². The monoisotopic (exact) mass is 457 g/mol. The molecule has 0 fully saturated rings. The molecule has 0 saturated heterocycles. The number of thiazole rings is 1. The molecule has 2 aromatic heterocycles. The van der Waals surface area contributed by atoms with E-state index in [-0.39, 0.29) is 5.56 Å². The van der Waals surface area contributed by atoms with Crippen LogP contribution >= 0.6 is 22.9 Å². The Morgan fingerprint density at radius 2 is 1.66 bits per heavy atom. The fraction of sp³-hybridized carbons (Fsp3) is 0. The molecular weight excluding hydrogens is 442 g/mol. The van der Waals surface area contributed by atoms with E-state index in [1.54, 1.807) is 6.08 Å². The molecule has 0 aliphatic heterocycles. The predicted molar refractivity (Wildman–Crippen MR) is 129 cm³/mol. The summed E-state index contributed by atoms with van der Waals surface area (Å²) in [6, 6.07) is 24.6. The van der Waals surface area contributed by atoms with Crippen molar-refractivity contribution in [3.05, 3.63) is 116 Å². The summed E-state index contributed by atoms with van der Waals surface area (Å²) in [5, 5.41) is 5.01. The Hall–Kier alpha value is -3.74. The average Bonchev–Trinajstić information content (AvgIpc) is 3.33. The number of rotatable bonds is 5. The van der Waals surface area contributed by atoms with Gasteiger partial charge in [-0.2, -0.15) is 9.50 Å². The third-order valence-electron chi connectivity index (χ3n) is 4.63. The van der Waals surface area contributed by atoms with Crippen LogP contribution in [0.4, 0.5) is 0 Å². The standard InChI is InChI=1S/C25H16ClN3O2S/c26-19-12-9-17(10-13-19)11-14-23-27-25-29(28-23)24(30)22(32-25)16-18-5-4-8-21(15-18)31-20-6-2-1-3-7-20/h1-16H/b14-11+,22-16+. The Kier molecular flexibility index (Phi) is 5.54. The van der Waals surface area contributed by atoms with Crippen LogP contribution in [0.1, 0.15) is 17.0 Å². The molecular formula is C25H16ClN3O2S. The van der Waals surface area contributed by atoms with E-state index in [0.29, 0.717) is 26.1 Å². The first-order chi connectivity index (χ1) is 15.6. The van der Waals surface area contributed by atoms with Crippen LogP contribution in [0, 0.1) is 0 Å². The fourth-order valence-electron chi connectivity index (χ4n) is 3.11. The van der Waals surface area contributed by atoms with Crippen molar-refractivity contribution in [2.45, 2.75) is 0 Å². The van der Waals surface area contributed by atoms with Crippen molar-refractivity contribution in [1.29, 1.82) is 0 Å². The average molecular weight is 458 g/mol. The van der Waals surface area contributed by atoms with Crippen LogP contribution in [0.3, 0.4) is 0 Å². The number of nitrogens with zero attached hydrogens (tertiary/aromatic N) is 3. The van der Waals surface area contributed by atoms with Crippen molar-refractivity contribution in [3.63, 3.8) is 0 Å². The Bertz CT molecular complexity index is 1520. The molecule has 2 heterocycles. The van der Waals surface area contributed by atoms with Gasteiger partial charge in [0.25, 0.3) is 5.56 Å². The number of hydrogen-bond donors (Lipinski definition) is 0. The van der Waals surface area contributed by atoms with Gasteiger partial charge in [0, 0.05) is 5.02 Å². The zero-order valence-corrected chi connectivity index (χ0v) is 18.3. The number of para-hydroxylation sites is 1. The van der Waals surface area contributed by atoms with Crippen molar-refractivity contribution in [2.75, 3.05) is 0 Å². The van der Waals surface area contributed by atoms with Crippen molar-refractivity contribution in [2.24, 2.45) is 0 Å². The molecule has 32 heavy (non-hydrogen) atoms. The van der Waals surface area contributed by atoms with Crippen LogP contribution in [0.5, 0.6) is 11.5 Å². The fourth-order valence-corrected chi connectivity index (χ4v) is 4.15. The summed E-state index contributed by atoms with van der Waals surface area (Å²) in [4.78, 5) is 17.8. The summed E-state index contributed by atoms with van der Waals surface area (Å²) >= 11 is 7.21. The summed E-state index contributed by atoms with van der Waals surface area (Å²) in [6.07, 6.45) is 5.48. The normalized spacial score (nSPS) is 12.1. The third-order valence-corrected chi connectivity index (χ3v) is 5.84. The van der Waals surface area contributed by atoms with Crippen LogP contribution in [-0.4, -0.2) is 14.6 Å². The maximum absolute atomic E-state index is 12.8. The number of fused-ring (bicyclic) bond motifs is 1. The Morgan fingerprint density at radius 3 is 2.44 bits per heavy atom. The van der Waals surface area contributed by atoms with Crippen LogP contribution in [-0.2, 0) is 0 Å². The first kappa shape index (κ1) is 20.2. The largest absolute Gasteiger partial charge is 0.457 e. The molecule has 0 atom stereocenters. The minimum Gasteiger partial charge on any atom is -0.457 e. The van der Waals surface area contributed by atoms with Crippen LogP contribution in [0.2, 0.25) is 5.02 Å². The van der Waals surface area contributed by atoms with Gasteiger partial charge < -0.3 is 4.74 Å². The lowest BCUT2D eigenvalue weighted by Gasteiger charge is -2.05. The van der Waals surface area contributed by atoms with Gasteiger partial charge >= 0.3 is 0 Å². The number of hydrogen-bond acceptors (Lipinski definition) is 5. The highest BCUT2D eigenvalue weighted by Gasteiger charge is 2.09. The summed E-state index contributed by atoms with van der Waals surface area (Å²) < 4.78 is 7.77. The molecule has 5 aromatic rings. The van der Waals surface area contributed by atoms with Gasteiger partial charge in [0.15, 0.2) is 5.82 Å². The first-order valence-electron chi connectivity index (χ1n) is 9.82. The van der Waals surface area contributed by atoms with E-state index in [9.17, 15) is 4.79 Å². The lowest BCUT2D eigenvalue weighted by Crippen LogP contribution is -2.23. The van der Waals surface area contributed by atoms with Gasteiger partial charge in [-0.1, -0.05) is 71.5 Å². The summed E-state index contributed by atoms with van der Waals surface area (Å²) in [7, 11) is 0. The molecule has 0 aliphatic rings. The summed E-state index contributed by atoms with van der Waals surface area (Å²) in [5.41, 5.74) is 1.64. The first-order valence-corrected chi connectivity index (χ1v) is 11.0. The number of aromatic nitrogens is 3. The number of benzene rings is 3. The predicted octanol–water partition coefficient (Wildman–Crippen LogP) is 5.31. The van der Waals surface area contributed by atoms with Crippen LogP contribution < -0.4 is 14.8 Å². The second-order valence-electron chi connectivity index (χ2n) is 6.95. The zero-order valence-electron chi connectivity index (χ0n) is 16.7. The van der Waals surface area contributed by atoms with Gasteiger partial charge in [-0.25, -0.2) is 0 Å². The Balaban J connectivity index is 1.41. The highest BCUT2D eigenvalue weighted by Crippen LogP contribution is 2.22. The van der Waals surface area contributed by atoms with E-state index in [1.807, 2.05) is 91.0 Å². The molecule has 0 amide bonds. The lowest BCUT2D eigenvalue weighted by atomic mass is 10.2. The molecule has 0 spiro atoms. The number of ether oxygens (including phenoxy) is 1. The summed E-state index contributed by atoms with van der Waals surface area (Å²) in [5.74, 6) is 1.94. The maximum Gasteiger partial charge on any atom is 0.291 e. The topological polar surface area (TPSA) is 56.5 Å². The van der Waals surface area contributed by atoms with Gasteiger partial charge in [0.2, 0.25) is 4.96 Å².